The van der Waals surface area contributed by atoms with Gasteiger partial charge in [-0.2, -0.15) is 0 Å². The van der Waals surface area contributed by atoms with E-state index in [1.807, 2.05) is 97.1 Å². The fraction of sp³-hybridized carbons (Fsp3) is 0. The van der Waals surface area contributed by atoms with E-state index >= 15 is 0 Å². The van der Waals surface area contributed by atoms with Gasteiger partial charge >= 0.3 is 17.1 Å². The van der Waals surface area contributed by atoms with Gasteiger partial charge in [0.1, 0.15) is 11.3 Å². The number of rotatable bonds is 0. The summed E-state index contributed by atoms with van der Waals surface area (Å²) in [5.41, 5.74) is 6.11. The van der Waals surface area contributed by atoms with Gasteiger partial charge in [-0.1, -0.05) is 97.1 Å². The second-order valence-electron chi connectivity index (χ2n) is 9.73. The van der Waals surface area contributed by atoms with E-state index in [4.69, 9.17) is 34.9 Å². The van der Waals surface area contributed by atoms with Crippen molar-refractivity contribution in [2.45, 2.75) is 0 Å². The van der Waals surface area contributed by atoms with Crippen LogP contribution in [0.15, 0.2) is 97.1 Å². The Morgan fingerprint density at radius 1 is 0.405 bits per heavy atom. The smallest absolute Gasteiger partial charge is 0.358 e. The van der Waals surface area contributed by atoms with Gasteiger partial charge in [0.2, 0.25) is 0 Å². The molecule has 203 valence electrons. The number of fused-ring (bicyclic) bond motifs is 20. The third-order valence-electron chi connectivity index (χ3n) is 7.40. The zero-order valence-corrected chi connectivity index (χ0v) is 23.1. The fourth-order valence-electron chi connectivity index (χ4n) is 5.52. The minimum absolute atomic E-state index is 0. The molecule has 9 heteroatoms. The van der Waals surface area contributed by atoms with Gasteiger partial charge in [-0.15, -0.1) is 0 Å². The van der Waals surface area contributed by atoms with Crippen LogP contribution in [0.2, 0.25) is 0 Å². The van der Waals surface area contributed by atoms with E-state index in [9.17, 15) is 0 Å². The van der Waals surface area contributed by atoms with Crippen molar-refractivity contribution in [3.8, 4) is 45.6 Å². The second-order valence-corrected chi connectivity index (χ2v) is 9.73. The first kappa shape index (κ1) is 25.7. The average Bonchev–Trinajstić information content (AvgIpc) is 3.73. The van der Waals surface area contributed by atoms with E-state index in [-0.39, 0.29) is 24.5 Å². The molecule has 0 saturated heterocycles. The van der Waals surface area contributed by atoms with Gasteiger partial charge in [0, 0.05) is 44.3 Å². The molecule has 0 unspecified atom stereocenters. The van der Waals surface area contributed by atoms with Gasteiger partial charge in [-0.05, 0) is 10.8 Å². The van der Waals surface area contributed by atoms with Gasteiger partial charge in [0.25, 0.3) is 0 Å². The zero-order valence-electron chi connectivity index (χ0n) is 22.2. The summed E-state index contributed by atoms with van der Waals surface area (Å²) in [4.78, 5) is 38.0. The van der Waals surface area contributed by atoms with Crippen LogP contribution in [0.5, 0.6) is 0 Å². The molecule has 0 aliphatic carbocycles. The van der Waals surface area contributed by atoms with Crippen molar-refractivity contribution in [2.75, 3.05) is 0 Å². The second kappa shape index (κ2) is 9.69. The molecule has 5 heterocycles. The summed E-state index contributed by atoms with van der Waals surface area (Å²) < 4.78 is 0. The number of aromatic nitrogens is 8. The van der Waals surface area contributed by atoms with Crippen LogP contribution in [0.25, 0.3) is 89.7 Å². The Morgan fingerprint density at radius 2 is 0.738 bits per heavy atom. The standard InChI is InChI=1S/C32H17N8.CH3.Cu/c1-2-10-18-17(9-1)25-33-26(18)38-28-21-13-5-6-14-22(21)30(35-28)40-32-24-16-8-7-15-23(24)31(36-32)39-29-20-12-4-3-11-19(20)27(34-29)37-25;;/h1-16H,(H-,33,34,35,36,37,38,39,40);1H3;/q2*-1;+2. The number of nitrogens with one attached hydrogen (secondary N) is 1. The molecule has 2 aliphatic rings. The molecule has 9 rings (SSSR count). The molecular formula is C33H20CuN8. The molecule has 0 atom stereocenters. The van der Waals surface area contributed by atoms with Gasteiger partial charge < -0.3 is 27.4 Å². The van der Waals surface area contributed by atoms with Crippen molar-refractivity contribution >= 4 is 44.1 Å². The normalized spacial score (nSPS) is 11.4. The molecule has 8 bridgehead atoms. The van der Waals surface area contributed by atoms with E-state index in [1.54, 1.807) is 0 Å². The molecule has 4 aromatic carbocycles. The topological polar surface area (TPSA) is 107 Å². The van der Waals surface area contributed by atoms with Crippen molar-refractivity contribution < 1.29 is 17.1 Å². The van der Waals surface area contributed by atoms with Crippen molar-refractivity contribution in [3.05, 3.63) is 104 Å². The van der Waals surface area contributed by atoms with Crippen LogP contribution < -0.4 is 4.98 Å². The SMILES string of the molecule is [CH3-].[Cu+2].c1ccc2c(c1)-c1nc-2nc2[nH]c(nc3nc(nc4[n-]c(n1)c1ccccc41)-c1ccccc1-3)c1ccccc21. The molecule has 8 nitrogen and oxygen atoms in total. The summed E-state index contributed by atoms with van der Waals surface area (Å²) >= 11 is 0. The molecule has 2 aliphatic heterocycles. The van der Waals surface area contributed by atoms with Crippen molar-refractivity contribution in [3.63, 3.8) is 0 Å². The number of nitrogens with zero attached hydrogens (tertiary/aromatic N) is 7. The number of hydrogen-bond donors (Lipinski definition) is 1. The molecule has 0 amide bonds. The molecule has 0 spiro atoms. The fourth-order valence-corrected chi connectivity index (χ4v) is 5.52. The summed E-state index contributed by atoms with van der Waals surface area (Å²) in [7, 11) is 0. The third-order valence-corrected chi connectivity index (χ3v) is 7.40. The Bertz CT molecular complexity index is 2030. The maximum absolute atomic E-state index is 5.00. The molecule has 1 radical (unpaired) electrons. The Balaban J connectivity index is 0.00000144. The Kier molecular flexibility index (Phi) is 5.93. The molecule has 1 N–H and O–H groups in total. The van der Waals surface area contributed by atoms with Crippen molar-refractivity contribution in [1.82, 2.24) is 39.9 Å². The number of aromatic amines is 1. The first-order valence-electron chi connectivity index (χ1n) is 12.9. The first-order chi connectivity index (χ1) is 19.8. The summed E-state index contributed by atoms with van der Waals surface area (Å²) in [6, 6.07) is 32.0. The molecular weight excluding hydrogens is 572 g/mol. The van der Waals surface area contributed by atoms with E-state index in [1.165, 1.54) is 0 Å². The van der Waals surface area contributed by atoms with Crippen LogP contribution in [-0.2, 0) is 17.1 Å². The van der Waals surface area contributed by atoms with E-state index < -0.39 is 0 Å². The van der Waals surface area contributed by atoms with Crippen molar-refractivity contribution in [2.24, 2.45) is 0 Å². The molecule has 42 heavy (non-hydrogen) atoms. The summed E-state index contributed by atoms with van der Waals surface area (Å²) in [5.74, 6) is 2.30. The third kappa shape index (κ3) is 3.75. The quantitative estimate of drug-likeness (QED) is 0.150. The summed E-state index contributed by atoms with van der Waals surface area (Å²) in [6.07, 6.45) is 0. The van der Waals surface area contributed by atoms with E-state index in [2.05, 4.69) is 4.98 Å². The maximum Gasteiger partial charge on any atom is 2.00 e. The molecule has 0 fully saturated rings. The van der Waals surface area contributed by atoms with Gasteiger partial charge in [0.05, 0.1) is 11.6 Å². The van der Waals surface area contributed by atoms with Gasteiger partial charge in [-0.25, -0.2) is 19.9 Å². The van der Waals surface area contributed by atoms with Crippen LogP contribution in [0, 0.1) is 7.43 Å². The summed E-state index contributed by atoms with van der Waals surface area (Å²) in [6.45, 7) is 0. The number of benzene rings is 4. The van der Waals surface area contributed by atoms with Crippen LogP contribution in [-0.4, -0.2) is 34.9 Å². The Labute approximate surface area is 250 Å². The Hall–Kier alpha value is -5.24. The number of hydrogen-bond acceptors (Lipinski definition) is 6. The van der Waals surface area contributed by atoms with Crippen LogP contribution in [0.1, 0.15) is 0 Å². The maximum atomic E-state index is 5.00. The van der Waals surface area contributed by atoms with Gasteiger partial charge in [-0.3, -0.25) is 0 Å². The zero-order chi connectivity index (χ0) is 26.2. The molecule has 7 aromatic rings. The largest absolute Gasteiger partial charge is 2.00 e. The number of H-pyrrole nitrogens is 1. The van der Waals surface area contributed by atoms with Gasteiger partial charge in [0.15, 0.2) is 11.6 Å². The molecule has 3 aromatic heterocycles. The van der Waals surface area contributed by atoms with Crippen LogP contribution in [0.4, 0.5) is 0 Å². The Morgan fingerprint density at radius 3 is 1.14 bits per heavy atom. The predicted octanol–water partition coefficient (Wildman–Crippen LogP) is 6.95. The predicted molar refractivity (Wildman–Crippen MR) is 161 cm³/mol. The van der Waals surface area contributed by atoms with Crippen LogP contribution >= 0.6 is 0 Å². The van der Waals surface area contributed by atoms with E-state index in [0.717, 1.165) is 43.8 Å². The van der Waals surface area contributed by atoms with E-state index in [0.29, 0.717) is 45.9 Å². The minimum atomic E-state index is 0. The first-order valence-corrected chi connectivity index (χ1v) is 12.9. The monoisotopic (exact) mass is 591 g/mol. The average molecular weight is 592 g/mol. The molecule has 0 saturated carbocycles. The van der Waals surface area contributed by atoms with Crippen LogP contribution in [0.3, 0.4) is 0 Å². The minimum Gasteiger partial charge on any atom is -0.358 e. The summed E-state index contributed by atoms with van der Waals surface area (Å²) in [5, 5.41) is 3.70. The van der Waals surface area contributed by atoms with Crippen molar-refractivity contribution in [1.29, 1.82) is 0 Å².